The summed E-state index contributed by atoms with van der Waals surface area (Å²) in [6.07, 6.45) is 3.39. The van der Waals surface area contributed by atoms with Crippen LogP contribution in [0.4, 0.5) is 0 Å². The summed E-state index contributed by atoms with van der Waals surface area (Å²) in [5, 5.41) is 9.60. The molecular weight excluding hydrogens is 166 g/mol. The van der Waals surface area contributed by atoms with Gasteiger partial charge in [-0.05, 0) is 12.1 Å². The topological polar surface area (TPSA) is 52.9 Å². The van der Waals surface area contributed by atoms with Crippen molar-refractivity contribution in [2.24, 2.45) is 10.2 Å². The van der Waals surface area contributed by atoms with Crippen LogP contribution in [0, 0.1) is 0 Å². The smallest absolute Gasteiger partial charge is 0.131 e. The summed E-state index contributed by atoms with van der Waals surface area (Å²) in [5.41, 5.74) is 4.26. The normalized spacial score (nSPS) is 15.2. The molecule has 0 amide bonds. The largest absolute Gasteiger partial charge is 0.254 e. The van der Waals surface area contributed by atoms with Crippen LogP contribution in [-0.2, 0) is 0 Å². The quantitative estimate of drug-likeness (QED) is 0.664. The lowest BCUT2D eigenvalue weighted by Crippen LogP contribution is -2.31. The fraction of sp³-hybridized carbons (Fsp3) is 0.125. The van der Waals surface area contributed by atoms with Crippen molar-refractivity contribution in [3.8, 4) is 0 Å². The zero-order valence-corrected chi connectivity index (χ0v) is 7.18. The number of pyridine rings is 1. The van der Waals surface area contributed by atoms with Crippen molar-refractivity contribution in [2.75, 3.05) is 7.05 Å². The molecule has 0 aromatic carbocycles. The third kappa shape index (κ3) is 1.64. The first-order valence-electron chi connectivity index (χ1n) is 3.89. The van der Waals surface area contributed by atoms with Crippen molar-refractivity contribution >= 4 is 11.9 Å². The number of rotatable bonds is 1. The predicted molar refractivity (Wildman–Crippen MR) is 50.2 cm³/mol. The molecule has 0 radical (unpaired) electrons. The second kappa shape index (κ2) is 3.22. The molecule has 0 aliphatic carbocycles. The van der Waals surface area contributed by atoms with Gasteiger partial charge in [-0.3, -0.25) is 4.98 Å². The van der Waals surface area contributed by atoms with E-state index in [0.717, 1.165) is 11.4 Å². The molecule has 2 heterocycles. The van der Waals surface area contributed by atoms with Gasteiger partial charge in [0.05, 0.1) is 11.9 Å². The van der Waals surface area contributed by atoms with Crippen LogP contribution in [0.5, 0.6) is 0 Å². The minimum absolute atomic E-state index is 0.735. The Hall–Kier alpha value is -1.91. The Balaban J connectivity index is 2.25. The molecule has 0 saturated heterocycles. The van der Waals surface area contributed by atoms with E-state index < -0.39 is 0 Å². The number of nitrogens with one attached hydrogen (secondary N) is 1. The van der Waals surface area contributed by atoms with Crippen LogP contribution in [0.3, 0.4) is 0 Å². The molecule has 1 aromatic heterocycles. The molecule has 1 aliphatic heterocycles. The Labute approximate surface area is 75.8 Å². The van der Waals surface area contributed by atoms with Gasteiger partial charge in [-0.15, -0.1) is 0 Å². The first-order chi connectivity index (χ1) is 6.36. The van der Waals surface area contributed by atoms with E-state index in [1.165, 1.54) is 5.12 Å². The van der Waals surface area contributed by atoms with Gasteiger partial charge in [-0.25, -0.2) is 5.53 Å². The van der Waals surface area contributed by atoms with E-state index in [2.05, 4.69) is 20.7 Å². The molecule has 13 heavy (non-hydrogen) atoms. The Morgan fingerprint density at radius 3 is 2.92 bits per heavy atom. The second-order valence-electron chi connectivity index (χ2n) is 2.58. The number of aromatic nitrogens is 1. The van der Waals surface area contributed by atoms with E-state index in [-0.39, 0.29) is 0 Å². The summed E-state index contributed by atoms with van der Waals surface area (Å²) in [7, 11) is 1.77. The molecule has 0 bridgehead atoms. The van der Waals surface area contributed by atoms with Crippen molar-refractivity contribution in [2.45, 2.75) is 0 Å². The average Bonchev–Trinajstić information content (AvgIpc) is 2.20. The van der Waals surface area contributed by atoms with Gasteiger partial charge in [0.25, 0.3) is 0 Å². The van der Waals surface area contributed by atoms with Crippen molar-refractivity contribution in [3.05, 3.63) is 30.1 Å². The highest BCUT2D eigenvalue weighted by molar-refractivity contribution is 6.37. The summed E-state index contributed by atoms with van der Waals surface area (Å²) in [5.74, 6) is 0. The first-order valence-corrected chi connectivity index (χ1v) is 3.89. The third-order valence-corrected chi connectivity index (χ3v) is 1.60. The molecular formula is C8H9N5. The molecule has 0 unspecified atom stereocenters. The molecule has 1 aromatic rings. The lowest BCUT2D eigenvalue weighted by atomic mass is 10.2. The van der Waals surface area contributed by atoms with Gasteiger partial charge in [0.1, 0.15) is 5.71 Å². The minimum atomic E-state index is 0.735. The maximum absolute atomic E-state index is 4.15. The Morgan fingerprint density at radius 2 is 2.31 bits per heavy atom. The van der Waals surface area contributed by atoms with Gasteiger partial charge in [0, 0.05) is 13.2 Å². The highest BCUT2D eigenvalue weighted by Crippen LogP contribution is 1.97. The summed E-state index contributed by atoms with van der Waals surface area (Å²) >= 11 is 0. The molecule has 0 saturated carbocycles. The Morgan fingerprint density at radius 1 is 1.38 bits per heavy atom. The summed E-state index contributed by atoms with van der Waals surface area (Å²) in [6.45, 7) is 0. The van der Waals surface area contributed by atoms with Crippen LogP contribution >= 0.6 is 0 Å². The van der Waals surface area contributed by atoms with Gasteiger partial charge in [0.15, 0.2) is 0 Å². The standard InChI is InChI=1S/C8H9N5/c1-13-10-6-8(11-12-13)7-4-2-3-5-9-7/h2-6,12H,1H3. The third-order valence-electron chi connectivity index (χ3n) is 1.60. The van der Waals surface area contributed by atoms with Crippen LogP contribution < -0.4 is 5.53 Å². The maximum Gasteiger partial charge on any atom is 0.131 e. The molecule has 2 rings (SSSR count). The predicted octanol–water partition coefficient (Wildman–Crippen LogP) is 0.221. The number of hydrogen-bond donors (Lipinski definition) is 1. The monoisotopic (exact) mass is 175 g/mol. The second-order valence-corrected chi connectivity index (χ2v) is 2.58. The Bertz CT molecular complexity index is 343. The van der Waals surface area contributed by atoms with Crippen molar-refractivity contribution < 1.29 is 0 Å². The van der Waals surface area contributed by atoms with E-state index in [4.69, 9.17) is 0 Å². The number of hydrazine groups is 1. The Kier molecular flexibility index (Phi) is 1.91. The molecule has 1 N–H and O–H groups in total. The highest BCUT2D eigenvalue weighted by atomic mass is 15.8. The highest BCUT2D eigenvalue weighted by Gasteiger charge is 2.05. The fourth-order valence-corrected chi connectivity index (χ4v) is 0.960. The van der Waals surface area contributed by atoms with E-state index in [1.807, 2.05) is 18.2 Å². The zero-order chi connectivity index (χ0) is 9.10. The zero-order valence-electron chi connectivity index (χ0n) is 7.18. The minimum Gasteiger partial charge on any atom is -0.254 e. The summed E-state index contributed by atoms with van der Waals surface area (Å²) in [6, 6.07) is 5.67. The van der Waals surface area contributed by atoms with Crippen LogP contribution in [0.2, 0.25) is 0 Å². The van der Waals surface area contributed by atoms with E-state index in [9.17, 15) is 0 Å². The lowest BCUT2D eigenvalue weighted by Gasteiger charge is -2.15. The van der Waals surface area contributed by atoms with Gasteiger partial charge in [0.2, 0.25) is 0 Å². The van der Waals surface area contributed by atoms with Crippen molar-refractivity contribution in [1.29, 1.82) is 0 Å². The molecule has 0 atom stereocenters. The molecule has 5 nitrogen and oxygen atoms in total. The maximum atomic E-state index is 4.15. The molecule has 1 aliphatic rings. The van der Waals surface area contributed by atoms with Crippen LogP contribution in [0.25, 0.3) is 0 Å². The van der Waals surface area contributed by atoms with Crippen molar-refractivity contribution in [3.63, 3.8) is 0 Å². The summed E-state index contributed by atoms with van der Waals surface area (Å²) < 4.78 is 0. The van der Waals surface area contributed by atoms with Crippen LogP contribution in [0.1, 0.15) is 5.69 Å². The molecule has 66 valence electrons. The van der Waals surface area contributed by atoms with E-state index in [0.29, 0.717) is 0 Å². The average molecular weight is 175 g/mol. The molecule has 5 heteroatoms. The number of nitrogens with zero attached hydrogens (tertiary/aromatic N) is 4. The van der Waals surface area contributed by atoms with E-state index >= 15 is 0 Å². The number of hydrogen-bond acceptors (Lipinski definition) is 5. The van der Waals surface area contributed by atoms with Crippen LogP contribution in [0.15, 0.2) is 34.6 Å². The lowest BCUT2D eigenvalue weighted by molar-refractivity contribution is 0.252. The fourth-order valence-electron chi connectivity index (χ4n) is 0.960. The van der Waals surface area contributed by atoms with E-state index in [1.54, 1.807) is 19.5 Å². The molecule has 0 spiro atoms. The SMILES string of the molecule is CN1N=CC(c2ccccn2)=NN1. The summed E-state index contributed by atoms with van der Waals surface area (Å²) in [4.78, 5) is 4.15. The molecule has 0 fully saturated rings. The van der Waals surface area contributed by atoms with Crippen molar-refractivity contribution in [1.82, 2.24) is 15.6 Å². The van der Waals surface area contributed by atoms with Gasteiger partial charge in [-0.2, -0.15) is 15.3 Å². The first kappa shape index (κ1) is 7.72. The number of hydrazone groups is 2. The van der Waals surface area contributed by atoms with Gasteiger partial charge < -0.3 is 0 Å². The van der Waals surface area contributed by atoms with Gasteiger partial charge in [-0.1, -0.05) is 6.07 Å². The van der Waals surface area contributed by atoms with Gasteiger partial charge >= 0.3 is 0 Å². The van der Waals surface area contributed by atoms with Crippen LogP contribution in [-0.4, -0.2) is 29.1 Å².